The molecule has 126 valence electrons. The first-order valence-electron chi connectivity index (χ1n) is 9.45. The number of hydrogen-bond acceptors (Lipinski definition) is 0. The fraction of sp³-hybridized carbons (Fsp3) is 0.0370. The van der Waals surface area contributed by atoms with Gasteiger partial charge >= 0.3 is 0 Å². The molecule has 0 saturated carbocycles. The van der Waals surface area contributed by atoms with Crippen molar-refractivity contribution < 1.29 is 0 Å². The summed E-state index contributed by atoms with van der Waals surface area (Å²) in [5.41, 5.74) is 1.31. The van der Waals surface area contributed by atoms with E-state index in [9.17, 15) is 0 Å². The Morgan fingerprint density at radius 1 is 0.370 bits per heavy atom. The molecule has 0 saturated heterocycles. The van der Waals surface area contributed by atoms with Gasteiger partial charge in [0.2, 0.25) is 0 Å². The Morgan fingerprint density at radius 3 is 1.56 bits per heavy atom. The van der Waals surface area contributed by atoms with Gasteiger partial charge in [-0.1, -0.05) is 72.3 Å². The van der Waals surface area contributed by atoms with Crippen LogP contribution in [0.25, 0.3) is 53.9 Å². The molecule has 0 spiro atoms. The van der Waals surface area contributed by atoms with Crippen LogP contribution in [0.15, 0.2) is 91.0 Å². The summed E-state index contributed by atoms with van der Waals surface area (Å²) in [6.07, 6.45) is 0. The maximum Gasteiger partial charge on any atom is -0.00987 e. The van der Waals surface area contributed by atoms with E-state index >= 15 is 0 Å². The molecule has 0 radical (unpaired) electrons. The first-order chi connectivity index (χ1) is 13.3. The van der Waals surface area contributed by atoms with Crippen molar-refractivity contribution in [2.45, 2.75) is 6.92 Å². The Kier molecular flexibility index (Phi) is 2.90. The maximum atomic E-state index is 2.35. The largest absolute Gasteiger partial charge is 0.0616 e. The van der Waals surface area contributed by atoms with E-state index in [0.717, 1.165) is 0 Å². The lowest BCUT2D eigenvalue weighted by atomic mass is 9.93. The zero-order valence-corrected chi connectivity index (χ0v) is 15.2. The van der Waals surface area contributed by atoms with Crippen LogP contribution >= 0.6 is 0 Å². The summed E-state index contributed by atoms with van der Waals surface area (Å²) < 4.78 is 0. The molecule has 6 aromatic carbocycles. The molecule has 0 heterocycles. The van der Waals surface area contributed by atoms with Gasteiger partial charge in [-0.3, -0.25) is 0 Å². The van der Waals surface area contributed by atoms with Gasteiger partial charge in [-0.25, -0.2) is 0 Å². The lowest BCUT2D eigenvalue weighted by Gasteiger charge is -2.10. The lowest BCUT2D eigenvalue weighted by Crippen LogP contribution is -1.83. The predicted molar refractivity (Wildman–Crippen MR) is 119 cm³/mol. The van der Waals surface area contributed by atoms with Gasteiger partial charge in [0.15, 0.2) is 0 Å². The third kappa shape index (κ3) is 2.17. The summed E-state index contributed by atoms with van der Waals surface area (Å²) in [4.78, 5) is 0. The Hall–Kier alpha value is -3.38. The number of benzene rings is 6. The molecule has 0 aliphatic rings. The zero-order chi connectivity index (χ0) is 18.0. The van der Waals surface area contributed by atoms with Crippen LogP contribution in [-0.2, 0) is 0 Å². The average Bonchev–Trinajstić information content (AvgIpc) is 2.70. The standard InChI is InChI=1S/C27H18/c1-17-6-7-20-16-27-22(14-23(20)12-17)9-11-24-25(27)10-8-21-13-18-4-2-3-5-19(18)15-26(21)24/h2-16H,1H3. The van der Waals surface area contributed by atoms with E-state index in [2.05, 4.69) is 97.9 Å². The van der Waals surface area contributed by atoms with Crippen LogP contribution in [0.2, 0.25) is 0 Å². The summed E-state index contributed by atoms with van der Waals surface area (Å²) in [5, 5.41) is 13.1. The van der Waals surface area contributed by atoms with E-state index in [1.54, 1.807) is 0 Å². The summed E-state index contributed by atoms with van der Waals surface area (Å²) in [5.74, 6) is 0. The molecule has 0 fully saturated rings. The minimum Gasteiger partial charge on any atom is -0.0616 e. The smallest absolute Gasteiger partial charge is 0.00987 e. The molecule has 0 N–H and O–H groups in total. The fourth-order valence-corrected chi connectivity index (χ4v) is 4.43. The van der Waals surface area contributed by atoms with Gasteiger partial charge in [-0.15, -0.1) is 0 Å². The van der Waals surface area contributed by atoms with E-state index in [4.69, 9.17) is 0 Å². The minimum atomic E-state index is 1.30. The van der Waals surface area contributed by atoms with E-state index in [0.29, 0.717) is 0 Å². The highest BCUT2D eigenvalue weighted by molar-refractivity contribution is 6.20. The molecule has 6 rings (SSSR count). The Labute approximate surface area is 157 Å². The Bertz CT molecular complexity index is 1520. The predicted octanol–water partition coefficient (Wildman–Crippen LogP) is 7.76. The van der Waals surface area contributed by atoms with E-state index < -0.39 is 0 Å². The summed E-state index contributed by atoms with van der Waals surface area (Å²) >= 11 is 0. The molecule has 0 atom stereocenters. The quantitative estimate of drug-likeness (QED) is 0.195. The molecule has 0 bridgehead atoms. The van der Waals surface area contributed by atoms with Crippen LogP contribution < -0.4 is 0 Å². The van der Waals surface area contributed by atoms with Gasteiger partial charge in [-0.05, 0) is 85.1 Å². The van der Waals surface area contributed by atoms with Crippen molar-refractivity contribution in [3.8, 4) is 0 Å². The van der Waals surface area contributed by atoms with Gasteiger partial charge in [-0.2, -0.15) is 0 Å². The molecule has 0 aliphatic carbocycles. The van der Waals surface area contributed by atoms with Crippen LogP contribution in [0, 0.1) is 6.92 Å². The molecule has 27 heavy (non-hydrogen) atoms. The van der Waals surface area contributed by atoms with Gasteiger partial charge < -0.3 is 0 Å². The number of fused-ring (bicyclic) bond motifs is 7. The molecule has 0 nitrogen and oxygen atoms in total. The highest BCUT2D eigenvalue weighted by Crippen LogP contribution is 2.35. The van der Waals surface area contributed by atoms with Gasteiger partial charge in [0.1, 0.15) is 0 Å². The fourth-order valence-electron chi connectivity index (χ4n) is 4.43. The molecular formula is C27H18. The molecule has 0 aromatic heterocycles. The second-order valence-corrected chi connectivity index (χ2v) is 7.57. The third-order valence-corrected chi connectivity index (χ3v) is 5.81. The second-order valence-electron chi connectivity index (χ2n) is 7.57. The first-order valence-corrected chi connectivity index (χ1v) is 9.45. The normalized spacial score (nSPS) is 11.9. The number of hydrogen-bond donors (Lipinski definition) is 0. The molecule has 6 aromatic rings. The highest BCUT2D eigenvalue weighted by Gasteiger charge is 2.07. The van der Waals surface area contributed by atoms with Crippen molar-refractivity contribution in [1.82, 2.24) is 0 Å². The van der Waals surface area contributed by atoms with Crippen molar-refractivity contribution >= 4 is 53.9 Å². The van der Waals surface area contributed by atoms with Gasteiger partial charge in [0.05, 0.1) is 0 Å². The zero-order valence-electron chi connectivity index (χ0n) is 15.2. The van der Waals surface area contributed by atoms with Gasteiger partial charge in [0.25, 0.3) is 0 Å². The monoisotopic (exact) mass is 342 g/mol. The average molecular weight is 342 g/mol. The summed E-state index contributed by atoms with van der Waals surface area (Å²) in [7, 11) is 0. The summed E-state index contributed by atoms with van der Waals surface area (Å²) in [6, 6.07) is 33.7. The van der Waals surface area contributed by atoms with Crippen molar-refractivity contribution in [3.05, 3.63) is 96.6 Å². The van der Waals surface area contributed by atoms with Gasteiger partial charge in [0, 0.05) is 0 Å². The topological polar surface area (TPSA) is 0 Å². The van der Waals surface area contributed by atoms with Crippen molar-refractivity contribution in [1.29, 1.82) is 0 Å². The van der Waals surface area contributed by atoms with Crippen molar-refractivity contribution in [2.75, 3.05) is 0 Å². The first kappa shape index (κ1) is 14.8. The molecule has 0 amide bonds. The molecule has 0 heteroatoms. The number of aryl methyl sites for hydroxylation is 1. The van der Waals surface area contributed by atoms with Crippen LogP contribution in [0.4, 0.5) is 0 Å². The van der Waals surface area contributed by atoms with Crippen LogP contribution in [0.3, 0.4) is 0 Å². The highest BCUT2D eigenvalue weighted by atomic mass is 14.1. The van der Waals surface area contributed by atoms with E-state index in [1.165, 1.54) is 59.4 Å². The second kappa shape index (κ2) is 5.31. The van der Waals surface area contributed by atoms with Crippen LogP contribution in [0.1, 0.15) is 5.56 Å². The lowest BCUT2D eigenvalue weighted by molar-refractivity contribution is 1.51. The van der Waals surface area contributed by atoms with Crippen LogP contribution in [-0.4, -0.2) is 0 Å². The Morgan fingerprint density at radius 2 is 0.889 bits per heavy atom. The minimum absolute atomic E-state index is 1.30. The molecule has 0 aliphatic heterocycles. The van der Waals surface area contributed by atoms with Crippen molar-refractivity contribution in [3.63, 3.8) is 0 Å². The molecule has 0 unspecified atom stereocenters. The van der Waals surface area contributed by atoms with E-state index in [-0.39, 0.29) is 0 Å². The van der Waals surface area contributed by atoms with E-state index in [1.807, 2.05) is 0 Å². The maximum absolute atomic E-state index is 2.35. The van der Waals surface area contributed by atoms with Crippen molar-refractivity contribution in [2.24, 2.45) is 0 Å². The Balaban J connectivity index is 1.77. The SMILES string of the molecule is Cc1ccc2cc3c(ccc4c5cc6ccccc6cc5ccc34)cc2c1. The third-order valence-electron chi connectivity index (χ3n) is 5.81. The number of rotatable bonds is 0. The summed E-state index contributed by atoms with van der Waals surface area (Å²) in [6.45, 7) is 2.15. The van der Waals surface area contributed by atoms with Crippen LogP contribution in [0.5, 0.6) is 0 Å². The molecular weight excluding hydrogens is 324 g/mol.